The van der Waals surface area contributed by atoms with E-state index in [-0.39, 0.29) is 12.2 Å². The summed E-state index contributed by atoms with van der Waals surface area (Å²) < 4.78 is 11.6. The third-order valence-corrected chi connectivity index (χ3v) is 3.25. The number of hydrogen-bond donors (Lipinski definition) is 0. The number of aryl methyl sites for hydroxylation is 1. The molecule has 88 valence electrons. The van der Waals surface area contributed by atoms with Crippen LogP contribution in [-0.4, -0.2) is 18.3 Å². The summed E-state index contributed by atoms with van der Waals surface area (Å²) in [4.78, 5) is 0. The van der Waals surface area contributed by atoms with Crippen molar-refractivity contribution in [1.29, 1.82) is 0 Å². The average Bonchev–Trinajstić information content (AvgIpc) is 2.56. The van der Waals surface area contributed by atoms with Gasteiger partial charge in [0.05, 0.1) is 24.9 Å². The van der Waals surface area contributed by atoms with E-state index in [4.69, 9.17) is 9.47 Å². The molecule has 1 aromatic carbocycles. The van der Waals surface area contributed by atoms with Crippen molar-refractivity contribution in [3.8, 4) is 0 Å². The number of ether oxygens (including phenoxy) is 2. The Kier molecular flexibility index (Phi) is 3.62. The summed E-state index contributed by atoms with van der Waals surface area (Å²) in [5.74, 6) is 0. The number of benzene rings is 1. The maximum Gasteiger partial charge on any atom is 0.0863 e. The van der Waals surface area contributed by atoms with Crippen LogP contribution in [0.25, 0.3) is 0 Å². The second-order valence-electron chi connectivity index (χ2n) is 4.66. The third kappa shape index (κ3) is 2.63. The molecule has 1 aliphatic rings. The molecule has 2 nitrogen and oxygen atoms in total. The first-order valence-electron chi connectivity index (χ1n) is 5.98. The summed E-state index contributed by atoms with van der Waals surface area (Å²) in [6, 6.07) is 8.36. The van der Waals surface area contributed by atoms with Crippen LogP contribution in [0.5, 0.6) is 0 Å². The van der Waals surface area contributed by atoms with Crippen LogP contribution in [-0.2, 0) is 16.1 Å². The van der Waals surface area contributed by atoms with E-state index < -0.39 is 0 Å². The SMILES string of the molecule is Cc1ccccc1COC1CC(C)OC1C. The van der Waals surface area contributed by atoms with Gasteiger partial charge in [-0.15, -0.1) is 0 Å². The molecule has 3 atom stereocenters. The minimum atomic E-state index is 0.221. The van der Waals surface area contributed by atoms with Crippen LogP contribution in [0.3, 0.4) is 0 Å². The lowest BCUT2D eigenvalue weighted by Gasteiger charge is -2.15. The van der Waals surface area contributed by atoms with Gasteiger partial charge in [-0.25, -0.2) is 0 Å². The van der Waals surface area contributed by atoms with Gasteiger partial charge in [0, 0.05) is 6.42 Å². The zero-order chi connectivity index (χ0) is 11.5. The Morgan fingerprint density at radius 1 is 1.31 bits per heavy atom. The van der Waals surface area contributed by atoms with Crippen molar-refractivity contribution in [2.24, 2.45) is 0 Å². The van der Waals surface area contributed by atoms with E-state index in [2.05, 4.69) is 45.0 Å². The summed E-state index contributed by atoms with van der Waals surface area (Å²) in [6.07, 6.45) is 1.80. The molecule has 0 saturated carbocycles. The van der Waals surface area contributed by atoms with Crippen molar-refractivity contribution in [1.82, 2.24) is 0 Å². The number of rotatable bonds is 3. The van der Waals surface area contributed by atoms with Gasteiger partial charge in [-0.05, 0) is 31.9 Å². The molecule has 0 bridgehead atoms. The highest BCUT2D eigenvalue weighted by Gasteiger charge is 2.30. The minimum absolute atomic E-state index is 0.221. The lowest BCUT2D eigenvalue weighted by Crippen LogP contribution is -2.21. The maximum absolute atomic E-state index is 5.93. The zero-order valence-corrected chi connectivity index (χ0v) is 10.3. The lowest BCUT2D eigenvalue weighted by atomic mass is 10.1. The summed E-state index contributed by atoms with van der Waals surface area (Å²) in [7, 11) is 0. The van der Waals surface area contributed by atoms with E-state index in [0.29, 0.717) is 12.7 Å². The van der Waals surface area contributed by atoms with Crippen molar-refractivity contribution in [2.75, 3.05) is 0 Å². The molecule has 1 aliphatic heterocycles. The first-order valence-corrected chi connectivity index (χ1v) is 5.98. The molecule has 1 fully saturated rings. The van der Waals surface area contributed by atoms with Gasteiger partial charge in [-0.2, -0.15) is 0 Å². The third-order valence-electron chi connectivity index (χ3n) is 3.25. The van der Waals surface area contributed by atoms with Crippen LogP contribution < -0.4 is 0 Å². The normalized spacial score (nSPS) is 29.6. The smallest absolute Gasteiger partial charge is 0.0863 e. The van der Waals surface area contributed by atoms with Crippen LogP contribution in [0.2, 0.25) is 0 Å². The Labute approximate surface area is 97.6 Å². The fourth-order valence-corrected chi connectivity index (χ4v) is 2.20. The van der Waals surface area contributed by atoms with Crippen molar-refractivity contribution in [2.45, 2.75) is 52.1 Å². The molecule has 1 aromatic rings. The van der Waals surface area contributed by atoms with Crippen molar-refractivity contribution in [3.05, 3.63) is 35.4 Å². The van der Waals surface area contributed by atoms with E-state index in [1.165, 1.54) is 11.1 Å². The van der Waals surface area contributed by atoms with Crippen molar-refractivity contribution in [3.63, 3.8) is 0 Å². The first kappa shape index (κ1) is 11.6. The van der Waals surface area contributed by atoms with Gasteiger partial charge in [0.2, 0.25) is 0 Å². The van der Waals surface area contributed by atoms with Gasteiger partial charge in [-0.3, -0.25) is 0 Å². The largest absolute Gasteiger partial charge is 0.373 e. The Balaban J connectivity index is 1.90. The minimum Gasteiger partial charge on any atom is -0.373 e. The van der Waals surface area contributed by atoms with Gasteiger partial charge in [-0.1, -0.05) is 24.3 Å². The quantitative estimate of drug-likeness (QED) is 0.779. The predicted molar refractivity (Wildman–Crippen MR) is 64.4 cm³/mol. The lowest BCUT2D eigenvalue weighted by molar-refractivity contribution is -0.0174. The van der Waals surface area contributed by atoms with E-state index in [1.54, 1.807) is 0 Å². The highest BCUT2D eigenvalue weighted by Crippen LogP contribution is 2.23. The molecule has 2 rings (SSSR count). The topological polar surface area (TPSA) is 18.5 Å². The second kappa shape index (κ2) is 4.98. The Bertz CT molecular complexity index is 348. The molecule has 1 heterocycles. The van der Waals surface area contributed by atoms with E-state index >= 15 is 0 Å². The second-order valence-corrected chi connectivity index (χ2v) is 4.66. The number of hydrogen-bond acceptors (Lipinski definition) is 2. The van der Waals surface area contributed by atoms with Gasteiger partial charge < -0.3 is 9.47 Å². The summed E-state index contributed by atoms with van der Waals surface area (Å²) in [6.45, 7) is 7.01. The van der Waals surface area contributed by atoms with E-state index in [0.717, 1.165) is 6.42 Å². The summed E-state index contributed by atoms with van der Waals surface area (Å²) in [5, 5.41) is 0. The van der Waals surface area contributed by atoms with Crippen LogP contribution in [0.4, 0.5) is 0 Å². The summed E-state index contributed by atoms with van der Waals surface area (Å²) in [5.41, 5.74) is 2.57. The highest BCUT2D eigenvalue weighted by molar-refractivity contribution is 5.24. The van der Waals surface area contributed by atoms with Crippen LogP contribution >= 0.6 is 0 Å². The average molecular weight is 220 g/mol. The molecule has 0 aromatic heterocycles. The van der Waals surface area contributed by atoms with Gasteiger partial charge in [0.25, 0.3) is 0 Å². The van der Waals surface area contributed by atoms with Crippen LogP contribution in [0.1, 0.15) is 31.4 Å². The van der Waals surface area contributed by atoms with Crippen molar-refractivity contribution >= 4 is 0 Å². The first-order chi connectivity index (χ1) is 7.66. The molecule has 0 radical (unpaired) electrons. The fourth-order valence-electron chi connectivity index (χ4n) is 2.20. The highest BCUT2D eigenvalue weighted by atomic mass is 16.6. The molecule has 0 aliphatic carbocycles. The van der Waals surface area contributed by atoms with Gasteiger partial charge in [0.15, 0.2) is 0 Å². The Morgan fingerprint density at radius 3 is 2.69 bits per heavy atom. The molecule has 1 saturated heterocycles. The van der Waals surface area contributed by atoms with Gasteiger partial charge in [0.1, 0.15) is 0 Å². The Hall–Kier alpha value is -0.860. The monoisotopic (exact) mass is 220 g/mol. The van der Waals surface area contributed by atoms with Gasteiger partial charge >= 0.3 is 0 Å². The van der Waals surface area contributed by atoms with Crippen LogP contribution in [0.15, 0.2) is 24.3 Å². The fraction of sp³-hybridized carbons (Fsp3) is 0.571. The molecule has 0 amide bonds. The molecular formula is C14H20O2. The Morgan fingerprint density at radius 2 is 2.06 bits per heavy atom. The molecule has 2 heteroatoms. The molecular weight excluding hydrogens is 200 g/mol. The molecule has 0 N–H and O–H groups in total. The zero-order valence-electron chi connectivity index (χ0n) is 10.3. The van der Waals surface area contributed by atoms with E-state index in [1.807, 2.05) is 0 Å². The van der Waals surface area contributed by atoms with Crippen molar-refractivity contribution < 1.29 is 9.47 Å². The summed E-state index contributed by atoms with van der Waals surface area (Å²) >= 11 is 0. The van der Waals surface area contributed by atoms with Crippen LogP contribution in [0, 0.1) is 6.92 Å². The molecule has 3 unspecified atom stereocenters. The maximum atomic E-state index is 5.93. The molecule has 16 heavy (non-hydrogen) atoms. The standard InChI is InChI=1S/C14H20O2/c1-10-6-4-5-7-13(10)9-15-14-8-11(2)16-12(14)3/h4-7,11-12,14H,8-9H2,1-3H3. The predicted octanol–water partition coefficient (Wildman–Crippen LogP) is 3.08. The molecule has 0 spiro atoms. The van der Waals surface area contributed by atoms with E-state index in [9.17, 15) is 0 Å².